The maximum atomic E-state index is 12.8. The molecule has 3 rings (SSSR count). The minimum Gasteiger partial charge on any atom is -0.480 e. The lowest BCUT2D eigenvalue weighted by Crippen LogP contribution is -2.44. The number of carboxylic acids is 1. The van der Waals surface area contributed by atoms with E-state index >= 15 is 0 Å². The molecule has 2 heterocycles. The van der Waals surface area contributed by atoms with Crippen molar-refractivity contribution in [2.75, 3.05) is 11.9 Å². The highest BCUT2D eigenvalue weighted by molar-refractivity contribution is 6.29. The Morgan fingerprint density at radius 3 is 2.52 bits per heavy atom. The smallest absolute Gasteiger partial charge is 0.317 e. The topological polar surface area (TPSA) is 109 Å². The average molecular weight is 487 g/mol. The van der Waals surface area contributed by atoms with E-state index in [0.717, 1.165) is 11.1 Å². The van der Waals surface area contributed by atoms with Crippen LogP contribution in [0.25, 0.3) is 11.3 Å². The number of hydrogen-bond acceptors (Lipinski definition) is 5. The second-order valence-electron chi connectivity index (χ2n) is 6.41. The Hall–Kier alpha value is -2.65. The fraction of sp³-hybridized carbons (Fsp3) is 0.200. The summed E-state index contributed by atoms with van der Waals surface area (Å²) in [6, 6.07) is 13.8. The van der Waals surface area contributed by atoms with Crippen LogP contribution in [0, 0.1) is 0 Å². The van der Waals surface area contributed by atoms with Crippen molar-refractivity contribution in [1.82, 2.24) is 20.1 Å². The van der Waals surface area contributed by atoms with E-state index in [4.69, 9.17) is 16.7 Å². The molecule has 11 heteroatoms. The molecule has 0 saturated carbocycles. The van der Waals surface area contributed by atoms with Crippen LogP contribution in [0.2, 0.25) is 5.15 Å². The first kappa shape index (κ1) is 26.4. The third-order valence-electron chi connectivity index (χ3n) is 4.25. The van der Waals surface area contributed by atoms with E-state index in [1.165, 1.54) is 0 Å². The number of amides is 1. The van der Waals surface area contributed by atoms with Gasteiger partial charge in [0, 0.05) is 24.9 Å². The maximum absolute atomic E-state index is 12.8. The summed E-state index contributed by atoms with van der Waals surface area (Å²) >= 11 is 5.93. The van der Waals surface area contributed by atoms with E-state index < -0.39 is 12.0 Å². The van der Waals surface area contributed by atoms with Crippen LogP contribution < -0.4 is 10.6 Å². The fourth-order valence-corrected chi connectivity index (χ4v) is 2.99. The zero-order valence-corrected chi connectivity index (χ0v) is 18.9. The molecule has 166 valence electrons. The Labute approximate surface area is 196 Å². The number of benzene rings is 1. The number of carboxylic acid groups (broad SMARTS) is 1. The first-order valence-electron chi connectivity index (χ1n) is 8.88. The molecule has 2 aromatic heterocycles. The predicted octanol–water partition coefficient (Wildman–Crippen LogP) is 3.20. The summed E-state index contributed by atoms with van der Waals surface area (Å²) in [6.07, 6.45) is 1.93. The number of nitrogens with one attached hydrogen (secondary N) is 2. The second-order valence-corrected chi connectivity index (χ2v) is 6.80. The highest BCUT2D eigenvalue weighted by Gasteiger charge is 2.21. The van der Waals surface area contributed by atoms with Crippen LogP contribution in [0.1, 0.15) is 5.56 Å². The zero-order valence-electron chi connectivity index (χ0n) is 16.5. The van der Waals surface area contributed by atoms with Crippen molar-refractivity contribution in [3.05, 3.63) is 65.4 Å². The molecule has 8 nitrogen and oxygen atoms in total. The minimum absolute atomic E-state index is 0. The summed E-state index contributed by atoms with van der Waals surface area (Å²) in [5.41, 5.74) is 2.32. The van der Waals surface area contributed by atoms with E-state index in [1.54, 1.807) is 36.1 Å². The van der Waals surface area contributed by atoms with Gasteiger partial charge in [-0.25, -0.2) is 4.98 Å². The van der Waals surface area contributed by atoms with Crippen molar-refractivity contribution < 1.29 is 14.7 Å². The quantitative estimate of drug-likeness (QED) is 0.422. The summed E-state index contributed by atoms with van der Waals surface area (Å²) in [5.74, 6) is -0.904. The van der Waals surface area contributed by atoms with Gasteiger partial charge in [-0.05, 0) is 24.1 Å². The molecule has 31 heavy (non-hydrogen) atoms. The van der Waals surface area contributed by atoms with E-state index in [1.807, 2.05) is 30.3 Å². The minimum atomic E-state index is -1.03. The average Bonchev–Trinajstić information content (AvgIpc) is 3.06. The molecule has 0 spiro atoms. The van der Waals surface area contributed by atoms with Crippen molar-refractivity contribution in [2.45, 2.75) is 12.5 Å². The number of aryl methyl sites for hydroxylation is 1. The normalized spacial score (nSPS) is 11.0. The summed E-state index contributed by atoms with van der Waals surface area (Å²) in [4.78, 5) is 27.7. The number of hydrogen-bond donors (Lipinski definition) is 3. The van der Waals surface area contributed by atoms with Crippen LogP contribution in [-0.4, -0.2) is 44.3 Å². The maximum Gasteiger partial charge on any atom is 0.317 e. The SMILES string of the molecule is Cl.Cl.Cn1nc(-c2ccnc(Cl)c2)cc1NC(=O)[C@H](Cc1ccccc1)NCC(=O)O. The van der Waals surface area contributed by atoms with Crippen LogP contribution in [0.4, 0.5) is 5.82 Å². The van der Waals surface area contributed by atoms with Gasteiger partial charge in [-0.15, -0.1) is 24.8 Å². The van der Waals surface area contributed by atoms with Gasteiger partial charge in [-0.1, -0.05) is 41.9 Å². The molecule has 0 bridgehead atoms. The van der Waals surface area contributed by atoms with Gasteiger partial charge in [0.2, 0.25) is 5.91 Å². The largest absolute Gasteiger partial charge is 0.480 e. The van der Waals surface area contributed by atoms with Gasteiger partial charge in [-0.2, -0.15) is 5.10 Å². The van der Waals surface area contributed by atoms with Crippen molar-refractivity contribution in [3.63, 3.8) is 0 Å². The number of aromatic nitrogens is 3. The standard InChI is InChI=1S/C20H20ClN5O3.2ClH/c1-26-18(11-15(25-26)14-7-8-22-17(21)10-14)24-20(29)16(23-12-19(27)28)9-13-5-3-2-4-6-13;;/h2-8,10-11,16,23H,9,12H2,1H3,(H,24,29)(H,27,28);2*1H/t16-;;/m0../s1. The molecule has 0 aliphatic heterocycles. The number of carbonyl (C=O) groups is 2. The number of rotatable bonds is 8. The molecule has 3 aromatic rings. The van der Waals surface area contributed by atoms with E-state index in [2.05, 4.69) is 20.7 Å². The first-order chi connectivity index (χ1) is 13.9. The Kier molecular flexibility index (Phi) is 10.4. The summed E-state index contributed by atoms with van der Waals surface area (Å²) in [7, 11) is 1.71. The highest BCUT2D eigenvalue weighted by atomic mass is 35.5. The fourth-order valence-electron chi connectivity index (χ4n) is 2.82. The monoisotopic (exact) mass is 485 g/mol. The number of pyridine rings is 1. The van der Waals surface area contributed by atoms with Gasteiger partial charge >= 0.3 is 5.97 Å². The van der Waals surface area contributed by atoms with Crippen LogP contribution >= 0.6 is 36.4 Å². The molecule has 0 saturated heterocycles. The lowest BCUT2D eigenvalue weighted by molar-refractivity contribution is -0.136. The van der Waals surface area contributed by atoms with Crippen LogP contribution in [-0.2, 0) is 23.1 Å². The van der Waals surface area contributed by atoms with Gasteiger partial charge in [-0.3, -0.25) is 19.6 Å². The molecule has 0 aliphatic carbocycles. The van der Waals surface area contributed by atoms with Crippen LogP contribution in [0.15, 0.2) is 54.7 Å². The van der Waals surface area contributed by atoms with Crippen molar-refractivity contribution in [2.24, 2.45) is 7.05 Å². The van der Waals surface area contributed by atoms with Gasteiger partial charge in [0.05, 0.1) is 18.3 Å². The number of halogens is 3. The lowest BCUT2D eigenvalue weighted by atomic mass is 10.1. The molecule has 3 N–H and O–H groups in total. The Morgan fingerprint density at radius 1 is 1.16 bits per heavy atom. The third kappa shape index (κ3) is 7.52. The van der Waals surface area contributed by atoms with Crippen LogP contribution in [0.5, 0.6) is 0 Å². The molecule has 0 aliphatic rings. The zero-order chi connectivity index (χ0) is 20.8. The molecule has 0 radical (unpaired) electrons. The highest BCUT2D eigenvalue weighted by Crippen LogP contribution is 2.23. The number of nitrogens with zero attached hydrogens (tertiary/aromatic N) is 3. The molecule has 0 unspecified atom stereocenters. The first-order valence-corrected chi connectivity index (χ1v) is 9.26. The Bertz CT molecular complexity index is 1010. The Balaban J connectivity index is 0.00000240. The molecule has 0 fully saturated rings. The third-order valence-corrected chi connectivity index (χ3v) is 4.46. The predicted molar refractivity (Wildman–Crippen MR) is 124 cm³/mol. The number of anilines is 1. The van der Waals surface area contributed by atoms with Crippen molar-refractivity contribution in [1.29, 1.82) is 0 Å². The summed E-state index contributed by atoms with van der Waals surface area (Å²) in [5, 5.41) is 19.3. The molecular weight excluding hydrogens is 465 g/mol. The molecule has 1 aromatic carbocycles. The van der Waals surface area contributed by atoms with Gasteiger partial charge in [0.25, 0.3) is 0 Å². The van der Waals surface area contributed by atoms with E-state index in [-0.39, 0.29) is 37.3 Å². The van der Waals surface area contributed by atoms with Gasteiger partial charge < -0.3 is 10.4 Å². The molecule has 1 atom stereocenters. The van der Waals surface area contributed by atoms with Crippen molar-refractivity contribution >= 4 is 54.1 Å². The van der Waals surface area contributed by atoms with E-state index in [9.17, 15) is 9.59 Å². The molecular formula is C20H22Cl3N5O3. The second kappa shape index (κ2) is 12.3. The Morgan fingerprint density at radius 2 is 1.87 bits per heavy atom. The lowest BCUT2D eigenvalue weighted by Gasteiger charge is -2.17. The summed E-state index contributed by atoms with van der Waals surface area (Å²) in [6.45, 7) is -0.322. The van der Waals surface area contributed by atoms with Crippen LogP contribution in [0.3, 0.4) is 0 Å². The van der Waals surface area contributed by atoms with Gasteiger partial charge in [0.1, 0.15) is 11.0 Å². The molecule has 1 amide bonds. The number of aliphatic carboxylic acids is 1. The van der Waals surface area contributed by atoms with E-state index in [0.29, 0.717) is 23.1 Å². The van der Waals surface area contributed by atoms with Crippen molar-refractivity contribution in [3.8, 4) is 11.3 Å². The number of carbonyl (C=O) groups excluding carboxylic acids is 1. The van der Waals surface area contributed by atoms with Gasteiger partial charge in [0.15, 0.2) is 0 Å². The summed E-state index contributed by atoms with van der Waals surface area (Å²) < 4.78 is 1.54.